The normalized spacial score (nSPS) is 12.5. The molecule has 0 bridgehead atoms. The van der Waals surface area contributed by atoms with Crippen LogP contribution in [-0.4, -0.2) is 249 Å². The van der Waals surface area contributed by atoms with E-state index in [1.165, 1.54) is 280 Å². The van der Waals surface area contributed by atoms with Gasteiger partial charge in [-0.05, 0) is 312 Å². The highest BCUT2D eigenvalue weighted by molar-refractivity contribution is 5.16. The number of hydrogen-bond acceptors (Lipinski definition) is 19. The van der Waals surface area contributed by atoms with E-state index in [1.807, 2.05) is 110 Å². The molecular formula is C120H257N13O6. The van der Waals surface area contributed by atoms with E-state index in [-0.39, 0.29) is 0 Å². The second-order valence-corrected chi connectivity index (χ2v) is 39.0. The molecule has 3 aromatic carbocycles. The molecule has 19 nitrogen and oxygen atoms in total. The number of methoxy groups -OCH3 is 2. The molecule has 3 saturated carbocycles. The molecule has 0 heterocycles. The van der Waals surface area contributed by atoms with Gasteiger partial charge in [0.05, 0.1) is 52.9 Å². The van der Waals surface area contributed by atoms with Crippen molar-refractivity contribution in [3.05, 3.63) is 108 Å². The summed E-state index contributed by atoms with van der Waals surface area (Å²) in [6.07, 6.45) is 53.0. The molecule has 0 saturated heterocycles. The van der Waals surface area contributed by atoms with Gasteiger partial charge in [-0.15, -0.1) is 0 Å². The summed E-state index contributed by atoms with van der Waals surface area (Å²) in [4.78, 5) is 0. The van der Waals surface area contributed by atoms with Gasteiger partial charge in [0.2, 0.25) is 0 Å². The smallest absolute Gasteiger partial charge is 0.0701 e. The van der Waals surface area contributed by atoms with Crippen LogP contribution in [0, 0.1) is 35.0 Å². The van der Waals surface area contributed by atoms with Gasteiger partial charge in [-0.25, -0.2) is 0 Å². The minimum Gasteiger partial charge on any atom is -0.382 e. The van der Waals surface area contributed by atoms with Gasteiger partial charge < -0.3 is 97.5 Å². The molecule has 3 aliphatic rings. The first-order valence-corrected chi connectivity index (χ1v) is 57.1. The third-order valence-corrected chi connectivity index (χ3v) is 22.6. The van der Waals surface area contributed by atoms with Gasteiger partial charge in [0.15, 0.2) is 0 Å². The fourth-order valence-corrected chi connectivity index (χ4v) is 12.9. The second-order valence-electron chi connectivity index (χ2n) is 39.0. The molecule has 13 N–H and O–H groups in total. The molecule has 139 heavy (non-hydrogen) atoms. The standard InChI is InChI=1S/C11H24O4.C10H15N.C10H14.C9H19N.C8H17N.C8H11N.C8H16.2C7H17N.C7H16O2.2C6H15N.3C5H13N.2C4H11N/c1-3-4-5-13-8-9-15-11-10-14-7-6-12-2;1-11-9-5-8-10-6-3-2-4-7-10;1-2-3-7-10-8-5-4-6-9-10;1-10-8-7-9-5-3-2-4-6-9;1-9-7-6-8-4-2-3-5-8;1-9-7-8-5-3-2-4-6-8;1-2-8-6-4-3-5-7-8;1-7(2,3)5-6-8-4;1-3-4-5-6-7-8-2;1-3-4-5-9-7-6-8-2;1-6(2)4-5-7-3;1-3-4-5-6-7-2;1-5(2)4-6-3;1-4-5(2)6-3;1-3-4-5-6-2;1-4(2)5-3;1-3-4-5-2/h3-11H2,1-2H3;2-4,6-7,11H,5,8-9H2,1H3;4-6,8-9H,2-3,7H2,1H3;9-10H,2-8H2,1H3;8-9H,2-7H2,1H3;2-6,9H,7H2,1H3;8H,2-7H2,1H3;8H,5-6H2,1-4H3;8H,3-7H2,1-2H3;3-7H2,1-2H3;6-7H,4-5H2,1-3H3;7H,3-6H2,1-2H3;2*5-6H,4H2,1-3H3;6H,3-5H2,1-2H3;4-5H,1-3H3;5H,3-4H2,1-2H3. The highest BCUT2D eigenvalue weighted by Crippen LogP contribution is 2.28. The van der Waals surface area contributed by atoms with Crippen LogP contribution in [0.1, 0.15) is 386 Å². The maximum Gasteiger partial charge on any atom is 0.0701 e. The van der Waals surface area contributed by atoms with Crippen LogP contribution in [0.25, 0.3) is 0 Å². The van der Waals surface area contributed by atoms with Crippen LogP contribution >= 0.6 is 0 Å². The lowest BCUT2D eigenvalue weighted by molar-refractivity contribution is 0.00337. The summed E-state index contributed by atoms with van der Waals surface area (Å²) in [5, 5.41) is 40.4. The summed E-state index contributed by atoms with van der Waals surface area (Å²) in [5.74, 6) is 4.81. The molecule has 0 aromatic heterocycles. The van der Waals surface area contributed by atoms with Gasteiger partial charge >= 0.3 is 0 Å². The summed E-state index contributed by atoms with van der Waals surface area (Å²) < 4.78 is 30.7. The van der Waals surface area contributed by atoms with Crippen molar-refractivity contribution in [1.29, 1.82) is 0 Å². The van der Waals surface area contributed by atoms with Gasteiger partial charge in [0.25, 0.3) is 0 Å². The van der Waals surface area contributed by atoms with Crippen molar-refractivity contribution >= 4 is 0 Å². The fourth-order valence-electron chi connectivity index (χ4n) is 12.9. The number of ether oxygens (including phenoxy) is 6. The number of hydrogen-bond donors (Lipinski definition) is 13. The predicted molar refractivity (Wildman–Crippen MR) is 630 cm³/mol. The molecule has 0 aliphatic heterocycles. The summed E-state index contributed by atoms with van der Waals surface area (Å²) in [5.41, 5.74) is 4.72. The summed E-state index contributed by atoms with van der Waals surface area (Å²) in [7, 11) is 29.2. The molecule has 0 spiro atoms. The molecule has 0 radical (unpaired) electrons. The average Bonchev–Trinajstić information content (AvgIpc) is 1.85. The highest BCUT2D eigenvalue weighted by atomic mass is 16.6. The molecule has 0 amide bonds. The van der Waals surface area contributed by atoms with Crippen LogP contribution < -0.4 is 69.1 Å². The van der Waals surface area contributed by atoms with Crippen LogP contribution in [0.5, 0.6) is 0 Å². The molecule has 3 aromatic rings. The first-order chi connectivity index (χ1) is 67.3. The van der Waals surface area contributed by atoms with Crippen molar-refractivity contribution in [3.8, 4) is 0 Å². The van der Waals surface area contributed by atoms with E-state index in [0.29, 0.717) is 63.7 Å². The maximum absolute atomic E-state index is 5.33. The molecule has 19 heteroatoms. The average molecular weight is 1980 g/mol. The van der Waals surface area contributed by atoms with Gasteiger partial charge in [0, 0.05) is 46.1 Å². The minimum absolute atomic E-state index is 0.489. The number of rotatable bonds is 58. The Hall–Kier alpha value is -3.10. The van der Waals surface area contributed by atoms with E-state index >= 15 is 0 Å². The van der Waals surface area contributed by atoms with E-state index in [9.17, 15) is 0 Å². The van der Waals surface area contributed by atoms with Crippen molar-refractivity contribution < 1.29 is 28.4 Å². The summed E-state index contributed by atoms with van der Waals surface area (Å²) in [6.45, 7) is 61.4. The molecular weight excluding hydrogens is 1720 g/mol. The predicted octanol–water partition coefficient (Wildman–Crippen LogP) is 26.3. The monoisotopic (exact) mass is 1980 g/mol. The molecule has 3 aliphatic carbocycles. The molecule has 3 fully saturated rings. The number of nitrogens with one attached hydrogen (secondary N) is 13. The lowest BCUT2D eigenvalue weighted by Crippen LogP contribution is -2.19. The van der Waals surface area contributed by atoms with E-state index in [4.69, 9.17) is 28.4 Å². The van der Waals surface area contributed by atoms with E-state index in [0.717, 1.165) is 108 Å². The maximum atomic E-state index is 5.33. The van der Waals surface area contributed by atoms with Crippen molar-refractivity contribution in [2.45, 2.75) is 401 Å². The quantitative estimate of drug-likeness (QED) is 0.0237. The molecule has 6 rings (SSSR count). The zero-order valence-corrected chi connectivity index (χ0v) is 100. The van der Waals surface area contributed by atoms with Gasteiger partial charge in [0.1, 0.15) is 0 Å². The van der Waals surface area contributed by atoms with Gasteiger partial charge in [-0.3, -0.25) is 0 Å². The van der Waals surface area contributed by atoms with Crippen molar-refractivity contribution in [2.24, 2.45) is 35.0 Å². The van der Waals surface area contributed by atoms with Crippen LogP contribution in [0.3, 0.4) is 0 Å². The van der Waals surface area contributed by atoms with Crippen LogP contribution in [0.15, 0.2) is 91.0 Å². The van der Waals surface area contributed by atoms with E-state index < -0.39 is 0 Å². The highest BCUT2D eigenvalue weighted by Gasteiger charge is 2.14. The molecule has 1 atom stereocenters. The van der Waals surface area contributed by atoms with Crippen molar-refractivity contribution in [3.63, 3.8) is 0 Å². The summed E-state index contributed by atoms with van der Waals surface area (Å²) in [6, 6.07) is 32.9. The third-order valence-electron chi connectivity index (χ3n) is 22.6. The lowest BCUT2D eigenvalue weighted by atomic mass is 9.87. The van der Waals surface area contributed by atoms with Crippen molar-refractivity contribution in [2.75, 3.05) is 237 Å². The number of aryl methyl sites for hydroxylation is 2. The van der Waals surface area contributed by atoms with E-state index in [1.54, 1.807) is 14.2 Å². The first kappa shape index (κ1) is 159. The van der Waals surface area contributed by atoms with Crippen LogP contribution in [0.4, 0.5) is 0 Å². The zero-order chi connectivity index (χ0) is 107. The lowest BCUT2D eigenvalue weighted by Gasteiger charge is -2.20. The van der Waals surface area contributed by atoms with E-state index in [2.05, 4.69) is 273 Å². The van der Waals surface area contributed by atoms with Crippen LogP contribution in [0.2, 0.25) is 0 Å². The van der Waals surface area contributed by atoms with Gasteiger partial charge in [-0.1, -0.05) is 370 Å². The fraction of sp³-hybridized carbons (Fsp3) is 0.850. The Morgan fingerprint density at radius 1 is 0.295 bits per heavy atom. The first-order valence-electron chi connectivity index (χ1n) is 57.1. The Bertz CT molecular complexity index is 2320. The Kier molecular flexibility index (Phi) is 171. The largest absolute Gasteiger partial charge is 0.382 e. The Balaban J connectivity index is -0.000000140. The Morgan fingerprint density at radius 2 is 0.626 bits per heavy atom. The number of unbranched alkanes of at least 4 members (excludes halogenated alkanes) is 9. The van der Waals surface area contributed by atoms with Crippen molar-refractivity contribution in [1.82, 2.24) is 69.1 Å². The topological polar surface area (TPSA) is 212 Å². The van der Waals surface area contributed by atoms with Crippen LogP contribution in [-0.2, 0) is 47.8 Å². The second kappa shape index (κ2) is 150. The SMILES string of the molecule is CCC(C)NC.CCC1CCCCC1.CCCCCCNC.CCCCCNC.CCCCNC.CCCCOCCOC.CCCCOCCOCCOCCOC.CCCCc1ccccc1.CCCNC.CNC(C)C.CNCC(C)C.CNCCC(C)(C)C.CNCCC(C)C.CNCCC1CCCC1.CNCCC1CCCCC1.CNCCCc1ccccc1.CNCc1ccccc1. The van der Waals surface area contributed by atoms with Gasteiger partial charge in [-0.2, -0.15) is 0 Å². The number of benzene rings is 3. The zero-order valence-electron chi connectivity index (χ0n) is 100. The minimum atomic E-state index is 0.489. The summed E-state index contributed by atoms with van der Waals surface area (Å²) >= 11 is 0. The Labute approximate surface area is 873 Å². The third kappa shape index (κ3) is 177. The Morgan fingerprint density at radius 3 is 0.885 bits per heavy atom. The molecule has 1 unspecified atom stereocenters. The molecule has 838 valence electrons.